The first-order chi connectivity index (χ1) is 9.86. The van der Waals surface area contributed by atoms with Crippen LogP contribution < -0.4 is 5.73 Å². The molecular weight excluding hydrogens is 246 g/mol. The SMILES string of the molecule is NCCc1ccc2ccn(CCc3cccnc3)c2c1. The van der Waals surface area contributed by atoms with Gasteiger partial charge in [-0.05, 0) is 54.1 Å². The Morgan fingerprint density at radius 3 is 2.80 bits per heavy atom. The largest absolute Gasteiger partial charge is 0.347 e. The van der Waals surface area contributed by atoms with E-state index in [2.05, 4.69) is 46.1 Å². The van der Waals surface area contributed by atoms with E-state index < -0.39 is 0 Å². The number of nitrogens with two attached hydrogens (primary N) is 1. The van der Waals surface area contributed by atoms with Crippen LogP contribution in [0, 0.1) is 0 Å². The van der Waals surface area contributed by atoms with Crippen molar-refractivity contribution in [3.8, 4) is 0 Å². The lowest BCUT2D eigenvalue weighted by Gasteiger charge is -2.07. The van der Waals surface area contributed by atoms with E-state index in [1.54, 1.807) is 0 Å². The normalized spacial score (nSPS) is 11.1. The summed E-state index contributed by atoms with van der Waals surface area (Å²) < 4.78 is 2.31. The Bertz CT molecular complexity index is 686. The number of nitrogens with zero attached hydrogens (tertiary/aromatic N) is 2. The maximum atomic E-state index is 5.64. The van der Waals surface area contributed by atoms with E-state index in [4.69, 9.17) is 5.73 Å². The van der Waals surface area contributed by atoms with Gasteiger partial charge in [0.05, 0.1) is 0 Å². The van der Waals surface area contributed by atoms with Crippen LogP contribution in [0.3, 0.4) is 0 Å². The first-order valence-electron chi connectivity index (χ1n) is 7.03. The summed E-state index contributed by atoms with van der Waals surface area (Å²) in [5.74, 6) is 0. The topological polar surface area (TPSA) is 43.8 Å². The number of rotatable bonds is 5. The molecule has 0 spiro atoms. The smallest absolute Gasteiger partial charge is 0.0483 e. The molecule has 2 aromatic heterocycles. The van der Waals surface area contributed by atoms with Crippen LogP contribution in [0.1, 0.15) is 11.1 Å². The molecule has 20 heavy (non-hydrogen) atoms. The maximum Gasteiger partial charge on any atom is 0.0483 e. The van der Waals surface area contributed by atoms with Gasteiger partial charge in [0.15, 0.2) is 0 Å². The molecule has 0 unspecified atom stereocenters. The zero-order chi connectivity index (χ0) is 13.8. The zero-order valence-electron chi connectivity index (χ0n) is 11.5. The average Bonchev–Trinajstić information content (AvgIpc) is 2.89. The van der Waals surface area contributed by atoms with Crippen LogP contribution in [0.5, 0.6) is 0 Å². The highest BCUT2D eigenvalue weighted by Gasteiger charge is 2.03. The van der Waals surface area contributed by atoms with Gasteiger partial charge < -0.3 is 10.3 Å². The fraction of sp³-hybridized carbons (Fsp3) is 0.235. The standard InChI is InChI=1S/C17H19N3/c18-8-5-14-3-4-16-7-11-20(17(16)12-14)10-6-15-2-1-9-19-13-15/h1-4,7,9,11-13H,5-6,8,10,18H2. The highest BCUT2D eigenvalue weighted by atomic mass is 14.9. The molecule has 3 nitrogen and oxygen atoms in total. The molecule has 0 radical (unpaired) electrons. The van der Waals surface area contributed by atoms with Gasteiger partial charge in [0.25, 0.3) is 0 Å². The predicted molar refractivity (Wildman–Crippen MR) is 82.6 cm³/mol. The molecule has 0 amide bonds. The quantitative estimate of drug-likeness (QED) is 0.771. The van der Waals surface area contributed by atoms with Crippen LogP contribution in [0.15, 0.2) is 55.0 Å². The number of fused-ring (bicyclic) bond motifs is 1. The molecule has 3 heteroatoms. The van der Waals surface area contributed by atoms with Gasteiger partial charge in [-0.15, -0.1) is 0 Å². The minimum atomic E-state index is 0.696. The van der Waals surface area contributed by atoms with Crippen LogP contribution in [-0.4, -0.2) is 16.1 Å². The molecule has 0 atom stereocenters. The summed E-state index contributed by atoms with van der Waals surface area (Å²) in [6.45, 7) is 1.67. The van der Waals surface area contributed by atoms with Crippen molar-refractivity contribution in [3.05, 3.63) is 66.1 Å². The minimum Gasteiger partial charge on any atom is -0.347 e. The molecule has 2 heterocycles. The van der Waals surface area contributed by atoms with E-state index in [0.717, 1.165) is 19.4 Å². The van der Waals surface area contributed by atoms with Crippen molar-refractivity contribution in [1.29, 1.82) is 0 Å². The van der Waals surface area contributed by atoms with Gasteiger partial charge in [-0.1, -0.05) is 18.2 Å². The second-order valence-corrected chi connectivity index (χ2v) is 5.05. The summed E-state index contributed by atoms with van der Waals surface area (Å²) in [6.07, 6.45) is 7.84. The molecule has 0 aliphatic rings. The summed E-state index contributed by atoms with van der Waals surface area (Å²) in [7, 11) is 0. The average molecular weight is 265 g/mol. The molecular formula is C17H19N3. The Kier molecular flexibility index (Phi) is 3.79. The van der Waals surface area contributed by atoms with Crippen LogP contribution in [-0.2, 0) is 19.4 Å². The monoisotopic (exact) mass is 265 g/mol. The molecule has 0 bridgehead atoms. The van der Waals surface area contributed by atoms with Gasteiger partial charge in [-0.25, -0.2) is 0 Å². The van der Waals surface area contributed by atoms with Crippen LogP contribution in [0.4, 0.5) is 0 Å². The number of benzene rings is 1. The molecule has 0 aliphatic carbocycles. The van der Waals surface area contributed by atoms with Crippen LogP contribution in [0.25, 0.3) is 10.9 Å². The van der Waals surface area contributed by atoms with E-state index in [1.807, 2.05) is 18.5 Å². The fourth-order valence-corrected chi connectivity index (χ4v) is 2.54. The number of hydrogen-bond acceptors (Lipinski definition) is 2. The van der Waals surface area contributed by atoms with E-state index in [-0.39, 0.29) is 0 Å². The third-order valence-corrected chi connectivity index (χ3v) is 3.64. The molecule has 0 saturated heterocycles. The lowest BCUT2D eigenvalue weighted by molar-refractivity contribution is 0.720. The number of hydrogen-bond donors (Lipinski definition) is 1. The molecule has 0 aliphatic heterocycles. The van der Waals surface area contributed by atoms with Gasteiger partial charge in [-0.2, -0.15) is 0 Å². The third-order valence-electron chi connectivity index (χ3n) is 3.64. The Morgan fingerprint density at radius 1 is 1.05 bits per heavy atom. The Labute approximate surface area is 119 Å². The highest BCUT2D eigenvalue weighted by molar-refractivity contribution is 5.80. The molecule has 3 rings (SSSR count). The van der Waals surface area contributed by atoms with Crippen molar-refractivity contribution in [2.75, 3.05) is 6.54 Å². The maximum absolute atomic E-state index is 5.64. The van der Waals surface area contributed by atoms with E-state index >= 15 is 0 Å². The fourth-order valence-electron chi connectivity index (χ4n) is 2.54. The summed E-state index contributed by atoms with van der Waals surface area (Å²) in [6, 6.07) is 12.9. The number of aryl methyl sites for hydroxylation is 2. The first kappa shape index (κ1) is 12.9. The van der Waals surface area contributed by atoms with Gasteiger partial charge >= 0.3 is 0 Å². The van der Waals surface area contributed by atoms with Crippen molar-refractivity contribution in [2.24, 2.45) is 5.73 Å². The molecule has 102 valence electrons. The van der Waals surface area contributed by atoms with E-state index in [1.165, 1.54) is 22.0 Å². The molecule has 0 saturated carbocycles. The first-order valence-corrected chi connectivity index (χ1v) is 7.03. The van der Waals surface area contributed by atoms with Crippen molar-refractivity contribution in [3.63, 3.8) is 0 Å². The molecule has 0 fully saturated rings. The zero-order valence-corrected chi connectivity index (χ0v) is 11.5. The Morgan fingerprint density at radius 2 is 2.00 bits per heavy atom. The summed E-state index contributed by atoms with van der Waals surface area (Å²) >= 11 is 0. The lowest BCUT2D eigenvalue weighted by Crippen LogP contribution is -2.03. The van der Waals surface area contributed by atoms with Crippen LogP contribution >= 0.6 is 0 Å². The van der Waals surface area contributed by atoms with Crippen molar-refractivity contribution in [2.45, 2.75) is 19.4 Å². The van der Waals surface area contributed by atoms with Gasteiger partial charge in [-0.3, -0.25) is 4.98 Å². The van der Waals surface area contributed by atoms with Crippen molar-refractivity contribution < 1.29 is 0 Å². The predicted octanol–water partition coefficient (Wildman–Crippen LogP) is 2.78. The second-order valence-electron chi connectivity index (χ2n) is 5.05. The number of aromatic nitrogens is 2. The van der Waals surface area contributed by atoms with Gasteiger partial charge in [0, 0.05) is 30.7 Å². The molecule has 3 aromatic rings. The third kappa shape index (κ3) is 2.73. The Hall–Kier alpha value is -2.13. The molecule has 2 N–H and O–H groups in total. The summed E-state index contributed by atoms with van der Waals surface area (Å²) in [5.41, 5.74) is 9.51. The second kappa shape index (κ2) is 5.88. The Balaban J connectivity index is 1.82. The van der Waals surface area contributed by atoms with Gasteiger partial charge in [0.2, 0.25) is 0 Å². The highest BCUT2D eigenvalue weighted by Crippen LogP contribution is 2.18. The minimum absolute atomic E-state index is 0.696. The van der Waals surface area contributed by atoms with Gasteiger partial charge in [0.1, 0.15) is 0 Å². The van der Waals surface area contributed by atoms with Crippen LogP contribution in [0.2, 0.25) is 0 Å². The van der Waals surface area contributed by atoms with Crippen molar-refractivity contribution in [1.82, 2.24) is 9.55 Å². The van der Waals surface area contributed by atoms with E-state index in [9.17, 15) is 0 Å². The summed E-state index contributed by atoms with van der Waals surface area (Å²) in [5, 5.41) is 1.29. The lowest BCUT2D eigenvalue weighted by atomic mass is 10.1. The van der Waals surface area contributed by atoms with Crippen molar-refractivity contribution >= 4 is 10.9 Å². The van der Waals surface area contributed by atoms with E-state index in [0.29, 0.717) is 6.54 Å². The molecule has 1 aromatic carbocycles. The number of pyridine rings is 1. The summed E-state index contributed by atoms with van der Waals surface area (Å²) in [4.78, 5) is 4.16.